The number of rotatable bonds is 3. The Bertz CT molecular complexity index is 568. The summed E-state index contributed by atoms with van der Waals surface area (Å²) in [6, 6.07) is 1.91. The quantitative estimate of drug-likeness (QED) is 0.659. The van der Waals surface area contributed by atoms with Crippen molar-refractivity contribution in [2.24, 2.45) is 0 Å². The summed E-state index contributed by atoms with van der Waals surface area (Å²) in [7, 11) is 0. The van der Waals surface area contributed by atoms with Crippen LogP contribution in [0.1, 0.15) is 41.6 Å². The van der Waals surface area contributed by atoms with E-state index >= 15 is 0 Å². The minimum absolute atomic E-state index is 0.0633. The second-order valence-electron chi connectivity index (χ2n) is 5.36. The summed E-state index contributed by atoms with van der Waals surface area (Å²) in [5.74, 6) is -1.39. The van der Waals surface area contributed by atoms with Crippen molar-refractivity contribution in [2.75, 3.05) is 0 Å². The molecular formula is C14H17FN2O4. The van der Waals surface area contributed by atoms with E-state index in [2.05, 4.69) is 5.32 Å². The summed E-state index contributed by atoms with van der Waals surface area (Å²) >= 11 is 0. The number of aryl methyl sites for hydroxylation is 1. The Labute approximate surface area is 121 Å². The van der Waals surface area contributed by atoms with Crippen LogP contribution in [0, 0.1) is 22.9 Å². The van der Waals surface area contributed by atoms with Crippen molar-refractivity contribution in [2.45, 2.75) is 44.8 Å². The topological polar surface area (TPSA) is 92.5 Å². The van der Waals surface area contributed by atoms with E-state index in [0.29, 0.717) is 25.7 Å². The number of non-ortho nitro benzene ring substituents is 1. The molecule has 0 heterocycles. The van der Waals surface area contributed by atoms with E-state index in [0.717, 1.165) is 12.1 Å². The van der Waals surface area contributed by atoms with E-state index in [-0.39, 0.29) is 29.0 Å². The summed E-state index contributed by atoms with van der Waals surface area (Å²) in [6.07, 6.45) is 2.04. The van der Waals surface area contributed by atoms with Gasteiger partial charge in [-0.3, -0.25) is 14.9 Å². The molecule has 0 spiro atoms. The Morgan fingerprint density at radius 1 is 1.38 bits per heavy atom. The number of hydrogen-bond acceptors (Lipinski definition) is 4. The molecule has 0 aromatic heterocycles. The van der Waals surface area contributed by atoms with Gasteiger partial charge in [0, 0.05) is 18.2 Å². The molecule has 1 saturated carbocycles. The Morgan fingerprint density at radius 2 is 2.00 bits per heavy atom. The van der Waals surface area contributed by atoms with Crippen LogP contribution in [0.5, 0.6) is 0 Å². The maximum atomic E-state index is 14.0. The standard InChI is InChI=1S/C14H17FN2O4/c1-8-6-10(17(20)21)7-12(13(8)15)14(19)16-9-2-4-11(18)5-3-9/h6-7,9,11,18H,2-5H2,1H3,(H,16,19). The SMILES string of the molecule is Cc1cc([N+](=O)[O-])cc(C(=O)NC2CCC(O)CC2)c1F. The minimum atomic E-state index is -0.742. The molecule has 1 aromatic carbocycles. The number of aliphatic hydroxyl groups excluding tert-OH is 1. The van der Waals surface area contributed by atoms with Gasteiger partial charge in [-0.05, 0) is 38.2 Å². The number of amides is 1. The molecule has 2 N–H and O–H groups in total. The van der Waals surface area contributed by atoms with Gasteiger partial charge in [-0.15, -0.1) is 0 Å². The Kier molecular flexibility index (Phi) is 4.52. The predicted octanol–water partition coefficient (Wildman–Crippen LogP) is 2.08. The van der Waals surface area contributed by atoms with Crippen LogP contribution in [-0.2, 0) is 0 Å². The molecule has 2 rings (SSSR count). The summed E-state index contributed by atoms with van der Waals surface area (Å²) in [5.41, 5.74) is -0.556. The van der Waals surface area contributed by atoms with Crippen LogP contribution in [0.2, 0.25) is 0 Å². The summed E-state index contributed by atoms with van der Waals surface area (Å²) in [4.78, 5) is 22.2. The van der Waals surface area contributed by atoms with Gasteiger partial charge in [-0.2, -0.15) is 0 Å². The zero-order valence-electron chi connectivity index (χ0n) is 11.6. The van der Waals surface area contributed by atoms with Crippen LogP contribution in [0.15, 0.2) is 12.1 Å². The molecule has 7 heteroatoms. The van der Waals surface area contributed by atoms with Crippen LogP contribution in [0.4, 0.5) is 10.1 Å². The fraction of sp³-hybridized carbons (Fsp3) is 0.500. The molecule has 6 nitrogen and oxygen atoms in total. The van der Waals surface area contributed by atoms with Gasteiger partial charge < -0.3 is 10.4 Å². The smallest absolute Gasteiger partial charge is 0.270 e. The molecule has 0 saturated heterocycles. The van der Waals surface area contributed by atoms with Crippen LogP contribution in [0.3, 0.4) is 0 Å². The van der Waals surface area contributed by atoms with Crippen molar-refractivity contribution in [1.29, 1.82) is 0 Å². The Morgan fingerprint density at radius 3 is 2.57 bits per heavy atom. The van der Waals surface area contributed by atoms with Gasteiger partial charge in [0.25, 0.3) is 11.6 Å². The lowest BCUT2D eigenvalue weighted by molar-refractivity contribution is -0.385. The first-order valence-electron chi connectivity index (χ1n) is 6.82. The van der Waals surface area contributed by atoms with E-state index in [1.807, 2.05) is 0 Å². The van der Waals surface area contributed by atoms with E-state index in [1.54, 1.807) is 0 Å². The monoisotopic (exact) mass is 296 g/mol. The molecule has 1 aliphatic carbocycles. The molecule has 0 aliphatic heterocycles. The maximum absolute atomic E-state index is 14.0. The lowest BCUT2D eigenvalue weighted by Crippen LogP contribution is -2.39. The molecule has 1 fully saturated rings. The molecule has 0 atom stereocenters. The van der Waals surface area contributed by atoms with Crippen molar-refractivity contribution < 1.29 is 19.2 Å². The number of nitro groups is 1. The largest absolute Gasteiger partial charge is 0.393 e. The van der Waals surface area contributed by atoms with Gasteiger partial charge >= 0.3 is 0 Å². The molecule has 1 aromatic rings. The number of carbonyl (C=O) groups is 1. The lowest BCUT2D eigenvalue weighted by Gasteiger charge is -2.26. The third kappa shape index (κ3) is 3.55. The number of nitrogens with one attached hydrogen (secondary N) is 1. The highest BCUT2D eigenvalue weighted by atomic mass is 19.1. The average molecular weight is 296 g/mol. The fourth-order valence-electron chi connectivity index (χ4n) is 2.50. The number of nitrogens with zero attached hydrogens (tertiary/aromatic N) is 1. The van der Waals surface area contributed by atoms with Gasteiger partial charge in [-0.1, -0.05) is 0 Å². The zero-order chi connectivity index (χ0) is 15.6. The summed E-state index contributed by atoms with van der Waals surface area (Å²) in [5, 5.41) is 22.9. The van der Waals surface area contributed by atoms with Crippen LogP contribution in [0.25, 0.3) is 0 Å². The summed E-state index contributed by atoms with van der Waals surface area (Å²) in [6.45, 7) is 1.38. The van der Waals surface area contributed by atoms with Crippen molar-refractivity contribution >= 4 is 11.6 Å². The Balaban J connectivity index is 2.17. The summed E-state index contributed by atoms with van der Waals surface area (Å²) < 4.78 is 14.0. The molecule has 21 heavy (non-hydrogen) atoms. The number of carbonyl (C=O) groups excluding carboxylic acids is 1. The fourth-order valence-corrected chi connectivity index (χ4v) is 2.50. The molecule has 1 aliphatic rings. The van der Waals surface area contributed by atoms with E-state index < -0.39 is 16.6 Å². The van der Waals surface area contributed by atoms with E-state index in [9.17, 15) is 24.4 Å². The third-order valence-corrected chi connectivity index (χ3v) is 3.73. The number of benzene rings is 1. The average Bonchev–Trinajstić information content (AvgIpc) is 2.43. The van der Waals surface area contributed by atoms with Gasteiger partial charge in [-0.25, -0.2) is 4.39 Å². The number of nitro benzene ring substituents is 1. The van der Waals surface area contributed by atoms with Crippen molar-refractivity contribution in [3.63, 3.8) is 0 Å². The Hall–Kier alpha value is -2.02. The van der Waals surface area contributed by atoms with Gasteiger partial charge in [0.05, 0.1) is 16.6 Å². The molecule has 0 radical (unpaired) electrons. The maximum Gasteiger partial charge on any atom is 0.270 e. The number of halogens is 1. The van der Waals surface area contributed by atoms with Gasteiger partial charge in [0.1, 0.15) is 5.82 Å². The minimum Gasteiger partial charge on any atom is -0.393 e. The van der Waals surface area contributed by atoms with E-state index in [4.69, 9.17) is 0 Å². The first kappa shape index (κ1) is 15.4. The van der Waals surface area contributed by atoms with Crippen molar-refractivity contribution in [3.8, 4) is 0 Å². The predicted molar refractivity (Wildman–Crippen MR) is 73.5 cm³/mol. The van der Waals surface area contributed by atoms with Crippen molar-refractivity contribution in [1.82, 2.24) is 5.32 Å². The molecular weight excluding hydrogens is 279 g/mol. The molecule has 0 bridgehead atoms. The highest BCUT2D eigenvalue weighted by Crippen LogP contribution is 2.23. The highest BCUT2D eigenvalue weighted by Gasteiger charge is 2.24. The number of aliphatic hydroxyl groups is 1. The van der Waals surface area contributed by atoms with Gasteiger partial charge in [0.2, 0.25) is 0 Å². The molecule has 0 unspecified atom stereocenters. The first-order valence-corrected chi connectivity index (χ1v) is 6.82. The zero-order valence-corrected chi connectivity index (χ0v) is 11.6. The highest BCUT2D eigenvalue weighted by molar-refractivity contribution is 5.95. The third-order valence-electron chi connectivity index (χ3n) is 3.73. The lowest BCUT2D eigenvalue weighted by atomic mass is 9.93. The first-order chi connectivity index (χ1) is 9.88. The van der Waals surface area contributed by atoms with Crippen LogP contribution < -0.4 is 5.32 Å². The van der Waals surface area contributed by atoms with Crippen LogP contribution >= 0.6 is 0 Å². The van der Waals surface area contributed by atoms with Gasteiger partial charge in [0.15, 0.2) is 0 Å². The second kappa shape index (κ2) is 6.17. The second-order valence-corrected chi connectivity index (χ2v) is 5.36. The van der Waals surface area contributed by atoms with Crippen molar-refractivity contribution in [3.05, 3.63) is 39.2 Å². The number of hydrogen-bond donors (Lipinski definition) is 2. The van der Waals surface area contributed by atoms with Crippen LogP contribution in [-0.4, -0.2) is 28.1 Å². The molecule has 1 amide bonds. The normalized spacial score (nSPS) is 21.9. The van der Waals surface area contributed by atoms with E-state index in [1.165, 1.54) is 6.92 Å². The molecule has 114 valence electrons.